The zero-order valence-electron chi connectivity index (χ0n) is 20.1. The van der Waals surface area contributed by atoms with E-state index in [1.54, 1.807) is 13.2 Å². The van der Waals surface area contributed by atoms with Crippen molar-refractivity contribution in [1.82, 2.24) is 4.90 Å². The van der Waals surface area contributed by atoms with Crippen LogP contribution in [0, 0.1) is 0 Å². The van der Waals surface area contributed by atoms with Crippen LogP contribution in [0.4, 0.5) is 4.79 Å². The molecule has 0 spiro atoms. The van der Waals surface area contributed by atoms with Gasteiger partial charge >= 0.3 is 12.1 Å². The Morgan fingerprint density at radius 2 is 1.91 bits per heavy atom. The summed E-state index contributed by atoms with van der Waals surface area (Å²) in [6.45, 7) is 11.1. The molecule has 0 aromatic heterocycles. The van der Waals surface area contributed by atoms with E-state index in [4.69, 9.17) is 18.9 Å². The number of fused-ring (bicyclic) bond motifs is 1. The fourth-order valence-corrected chi connectivity index (χ4v) is 4.56. The molecule has 1 aliphatic heterocycles. The van der Waals surface area contributed by atoms with Gasteiger partial charge < -0.3 is 18.9 Å². The van der Waals surface area contributed by atoms with E-state index < -0.39 is 26.2 Å². The normalized spacial score (nSPS) is 18.2. The number of nitrogens with zero attached hydrogens (tertiary/aromatic N) is 1. The molecular weight excluding hydrogens is 438 g/mol. The van der Waals surface area contributed by atoms with Gasteiger partial charge in [-0.1, -0.05) is 38.4 Å². The van der Waals surface area contributed by atoms with Gasteiger partial charge in [-0.15, -0.1) is 0 Å². The number of carbonyl (C=O) groups is 2. The van der Waals surface area contributed by atoms with Crippen LogP contribution in [0.15, 0.2) is 36.9 Å². The molecule has 8 heteroatoms. The summed E-state index contributed by atoms with van der Waals surface area (Å²) in [4.78, 5) is 26.4. The van der Waals surface area contributed by atoms with E-state index >= 15 is 0 Å². The highest BCUT2D eigenvalue weighted by molar-refractivity contribution is 6.76. The quantitative estimate of drug-likeness (QED) is 0.400. The maximum atomic E-state index is 12.7. The van der Waals surface area contributed by atoms with E-state index in [0.717, 1.165) is 28.1 Å². The van der Waals surface area contributed by atoms with E-state index in [0.29, 0.717) is 18.8 Å². The highest BCUT2D eigenvalue weighted by atomic mass is 28.3. The molecule has 3 rings (SSSR count). The summed E-state index contributed by atoms with van der Waals surface area (Å²) in [5, 5.41) is 1.99. The maximum Gasteiger partial charge on any atom is 0.410 e. The lowest BCUT2D eigenvalue weighted by atomic mass is 10.1. The second-order valence-corrected chi connectivity index (χ2v) is 15.0. The molecule has 2 aromatic carbocycles. The Morgan fingerprint density at radius 1 is 1.15 bits per heavy atom. The molecule has 0 N–H and O–H groups in total. The van der Waals surface area contributed by atoms with E-state index in [2.05, 4.69) is 26.2 Å². The molecule has 2 aromatic rings. The van der Waals surface area contributed by atoms with Crippen molar-refractivity contribution in [3.05, 3.63) is 42.5 Å². The van der Waals surface area contributed by atoms with Crippen molar-refractivity contribution in [3.63, 3.8) is 0 Å². The number of esters is 1. The number of methoxy groups -OCH3 is 2. The lowest BCUT2D eigenvalue weighted by Gasteiger charge is -2.23. The van der Waals surface area contributed by atoms with E-state index in [9.17, 15) is 9.59 Å². The minimum Gasteiger partial charge on any atom is -0.496 e. The van der Waals surface area contributed by atoms with Crippen LogP contribution >= 0.6 is 0 Å². The van der Waals surface area contributed by atoms with Crippen LogP contribution in [0.5, 0.6) is 11.5 Å². The third-order valence-corrected chi connectivity index (χ3v) is 7.44. The minimum absolute atomic E-state index is 0.254. The first-order valence-electron chi connectivity index (χ1n) is 11.1. The lowest BCUT2D eigenvalue weighted by Crippen LogP contribution is -2.42. The SMILES string of the molecule is C=Cc1cc2cc(O[C@H]3C[C@@H](C(=O)OC)N(C(=O)OCC[Si](C)(C)C)C3)ccc2cc1OC. The van der Waals surface area contributed by atoms with E-state index in [-0.39, 0.29) is 12.6 Å². The van der Waals surface area contributed by atoms with Crippen molar-refractivity contribution in [2.45, 2.75) is 44.3 Å². The van der Waals surface area contributed by atoms with Crippen LogP contribution in [0.25, 0.3) is 16.8 Å². The monoisotopic (exact) mass is 471 g/mol. The standard InChI is InChI=1S/C25H33NO6Si/c1-7-17-12-19-13-20(9-8-18(19)14-23(17)29-2)32-21-15-22(24(27)30-3)26(16-21)25(28)31-10-11-33(4,5)6/h7-9,12-14,21-22H,1,10-11,15-16H2,2-6H3/t21-,22-/m0/s1. The van der Waals surface area contributed by atoms with Gasteiger partial charge in [-0.05, 0) is 41.1 Å². The van der Waals surface area contributed by atoms with Crippen molar-refractivity contribution in [1.29, 1.82) is 0 Å². The van der Waals surface area contributed by atoms with Crippen molar-refractivity contribution < 1.29 is 28.5 Å². The van der Waals surface area contributed by atoms with Gasteiger partial charge in [0.1, 0.15) is 23.6 Å². The van der Waals surface area contributed by atoms with Crippen LogP contribution in [0.2, 0.25) is 25.7 Å². The summed E-state index contributed by atoms with van der Waals surface area (Å²) in [7, 11) is 1.61. The van der Waals surface area contributed by atoms with Crippen molar-refractivity contribution in [2.24, 2.45) is 0 Å². The number of amides is 1. The first-order valence-corrected chi connectivity index (χ1v) is 14.8. The van der Waals surface area contributed by atoms with Crippen molar-refractivity contribution in [3.8, 4) is 11.5 Å². The van der Waals surface area contributed by atoms with Crippen molar-refractivity contribution in [2.75, 3.05) is 27.4 Å². The van der Waals surface area contributed by atoms with Gasteiger partial charge in [-0.2, -0.15) is 0 Å². The molecule has 0 unspecified atom stereocenters. The smallest absolute Gasteiger partial charge is 0.410 e. The summed E-state index contributed by atoms with van der Waals surface area (Å²) in [5.41, 5.74) is 0.890. The maximum absolute atomic E-state index is 12.7. The summed E-state index contributed by atoms with van der Waals surface area (Å²) in [6.07, 6.45) is 1.23. The van der Waals surface area contributed by atoms with Gasteiger partial charge in [0.2, 0.25) is 0 Å². The molecule has 33 heavy (non-hydrogen) atoms. The first kappa shape index (κ1) is 24.6. The van der Waals surface area contributed by atoms with Gasteiger partial charge in [-0.25, -0.2) is 9.59 Å². The molecule has 7 nitrogen and oxygen atoms in total. The second-order valence-electron chi connectivity index (χ2n) is 9.40. The van der Waals surface area contributed by atoms with Gasteiger partial charge in [0.15, 0.2) is 0 Å². The summed E-state index contributed by atoms with van der Waals surface area (Å²) in [5.74, 6) is 0.945. The van der Waals surface area contributed by atoms with Crippen LogP contribution in [0.3, 0.4) is 0 Å². The van der Waals surface area contributed by atoms with Gasteiger partial charge in [0, 0.05) is 20.1 Å². The fraction of sp³-hybridized carbons (Fsp3) is 0.440. The molecule has 2 atom stereocenters. The van der Waals surface area contributed by atoms with Crippen LogP contribution in [0.1, 0.15) is 12.0 Å². The average Bonchev–Trinajstić information content (AvgIpc) is 3.20. The van der Waals surface area contributed by atoms with Crippen LogP contribution in [-0.4, -0.2) is 64.6 Å². The largest absolute Gasteiger partial charge is 0.496 e. The molecule has 0 bridgehead atoms. The molecule has 0 radical (unpaired) electrons. The topological polar surface area (TPSA) is 74.3 Å². The molecule has 1 amide bonds. The number of benzene rings is 2. The first-order chi connectivity index (χ1) is 15.6. The zero-order valence-corrected chi connectivity index (χ0v) is 21.1. The molecule has 1 aliphatic rings. The number of hydrogen-bond acceptors (Lipinski definition) is 6. The highest BCUT2D eigenvalue weighted by Gasteiger charge is 2.42. The number of ether oxygens (including phenoxy) is 4. The average molecular weight is 472 g/mol. The predicted molar refractivity (Wildman–Crippen MR) is 132 cm³/mol. The zero-order chi connectivity index (χ0) is 24.2. The predicted octanol–water partition coefficient (Wildman–Crippen LogP) is 4.96. The molecule has 1 saturated heterocycles. The molecular formula is C25H33NO6Si. The molecule has 1 fully saturated rings. The second kappa shape index (κ2) is 10.3. The molecule has 0 saturated carbocycles. The Labute approximate surface area is 196 Å². The summed E-state index contributed by atoms with van der Waals surface area (Å²) >= 11 is 0. The minimum atomic E-state index is -1.34. The molecule has 1 heterocycles. The third kappa shape index (κ3) is 6.07. The van der Waals surface area contributed by atoms with Crippen LogP contribution < -0.4 is 9.47 Å². The summed E-state index contributed by atoms with van der Waals surface area (Å²) < 4.78 is 22.0. The van der Waals surface area contributed by atoms with Gasteiger partial charge in [0.25, 0.3) is 0 Å². The van der Waals surface area contributed by atoms with E-state index in [1.807, 2.05) is 30.3 Å². The molecule has 178 valence electrons. The Hall–Kier alpha value is -3.00. The Bertz CT molecular complexity index is 1030. The van der Waals surface area contributed by atoms with Gasteiger partial charge in [0.05, 0.1) is 27.4 Å². The van der Waals surface area contributed by atoms with Crippen LogP contribution in [-0.2, 0) is 14.3 Å². The lowest BCUT2D eigenvalue weighted by molar-refractivity contribution is -0.145. The third-order valence-electron chi connectivity index (χ3n) is 5.73. The summed E-state index contributed by atoms with van der Waals surface area (Å²) in [6, 6.07) is 9.84. The molecule has 0 aliphatic carbocycles. The number of rotatable bonds is 8. The van der Waals surface area contributed by atoms with Crippen molar-refractivity contribution >= 4 is 37.0 Å². The van der Waals surface area contributed by atoms with Gasteiger partial charge in [-0.3, -0.25) is 4.90 Å². The Kier molecular flexibility index (Phi) is 7.68. The fourth-order valence-electron chi connectivity index (χ4n) is 3.85. The Balaban J connectivity index is 1.73. The Morgan fingerprint density at radius 3 is 2.55 bits per heavy atom. The number of carbonyl (C=O) groups excluding carboxylic acids is 2. The van der Waals surface area contributed by atoms with E-state index in [1.165, 1.54) is 12.0 Å². The number of hydrogen-bond donors (Lipinski definition) is 0. The highest BCUT2D eigenvalue weighted by Crippen LogP contribution is 2.31. The number of likely N-dealkylation sites (tertiary alicyclic amines) is 1.